The van der Waals surface area contributed by atoms with E-state index in [1.165, 1.54) is 22.9 Å². The summed E-state index contributed by atoms with van der Waals surface area (Å²) in [6.45, 7) is 7.07. The van der Waals surface area contributed by atoms with Crippen LogP contribution in [0.1, 0.15) is 31.9 Å². The highest BCUT2D eigenvalue weighted by atomic mass is 32.2. The number of nitrogens with zero attached hydrogens (tertiary/aromatic N) is 1. The van der Waals surface area contributed by atoms with Crippen LogP contribution in [0.15, 0.2) is 18.2 Å². The van der Waals surface area contributed by atoms with E-state index in [-0.39, 0.29) is 0 Å². The first-order chi connectivity index (χ1) is 8.71. The van der Waals surface area contributed by atoms with Gasteiger partial charge < -0.3 is 4.74 Å². The molecule has 0 aliphatic rings. The Balaban J connectivity index is 2.73. The molecular weight excluding hydrogens is 242 g/mol. The van der Waals surface area contributed by atoms with Crippen molar-refractivity contribution in [3.8, 4) is 11.2 Å². The topological polar surface area (TPSA) is 33.0 Å². The summed E-state index contributed by atoms with van der Waals surface area (Å²) in [6, 6.07) is 6.35. The predicted molar refractivity (Wildman–Crippen MR) is 77.9 cm³/mol. The van der Waals surface area contributed by atoms with Crippen LogP contribution in [0.3, 0.4) is 0 Å². The summed E-state index contributed by atoms with van der Waals surface area (Å²) in [6.07, 6.45) is 2.05. The second-order valence-corrected chi connectivity index (χ2v) is 5.23. The zero-order valence-electron chi connectivity index (χ0n) is 11.4. The number of thioether (sulfide) groups is 1. The lowest BCUT2D eigenvalue weighted by atomic mass is 9.96. The quantitative estimate of drug-likeness (QED) is 0.696. The highest BCUT2D eigenvalue weighted by Gasteiger charge is 2.08. The summed E-state index contributed by atoms with van der Waals surface area (Å²) < 4.78 is 5.53. The van der Waals surface area contributed by atoms with Crippen LogP contribution in [-0.2, 0) is 12.8 Å². The molecule has 0 saturated carbocycles. The fourth-order valence-corrected chi connectivity index (χ4v) is 2.48. The molecule has 3 heteroatoms. The maximum absolute atomic E-state index is 8.57. The van der Waals surface area contributed by atoms with Crippen LogP contribution in [0.4, 0.5) is 0 Å². The number of hydrogen-bond acceptors (Lipinski definition) is 3. The van der Waals surface area contributed by atoms with Gasteiger partial charge in [-0.2, -0.15) is 5.26 Å². The van der Waals surface area contributed by atoms with Gasteiger partial charge in [0.25, 0.3) is 0 Å². The van der Waals surface area contributed by atoms with Gasteiger partial charge in [-0.05, 0) is 60.7 Å². The van der Waals surface area contributed by atoms with E-state index in [1.807, 2.05) is 13.0 Å². The first-order valence-electron chi connectivity index (χ1n) is 6.46. The van der Waals surface area contributed by atoms with Crippen molar-refractivity contribution in [2.24, 2.45) is 5.92 Å². The molecule has 0 amide bonds. The minimum Gasteiger partial charge on any atom is -0.494 e. The van der Waals surface area contributed by atoms with Crippen LogP contribution >= 0.6 is 11.8 Å². The van der Waals surface area contributed by atoms with Crippen molar-refractivity contribution >= 4 is 11.8 Å². The lowest BCUT2D eigenvalue weighted by molar-refractivity contribution is 0.339. The first-order valence-corrected chi connectivity index (χ1v) is 7.45. The maximum atomic E-state index is 8.57. The van der Waals surface area contributed by atoms with Crippen molar-refractivity contribution in [3.05, 3.63) is 29.3 Å². The third-order valence-corrected chi connectivity index (χ3v) is 3.74. The molecule has 1 unspecified atom stereocenters. The van der Waals surface area contributed by atoms with E-state index < -0.39 is 0 Å². The predicted octanol–water partition coefficient (Wildman–Crippen LogP) is 4.04. The van der Waals surface area contributed by atoms with Gasteiger partial charge >= 0.3 is 0 Å². The molecule has 1 aromatic carbocycles. The molecule has 0 radical (unpaired) electrons. The lowest BCUT2D eigenvalue weighted by Gasteiger charge is -2.14. The average molecular weight is 263 g/mol. The van der Waals surface area contributed by atoms with Gasteiger partial charge in [0.1, 0.15) is 11.2 Å². The number of rotatable bonds is 7. The zero-order valence-corrected chi connectivity index (χ0v) is 12.2. The third kappa shape index (κ3) is 4.62. The van der Waals surface area contributed by atoms with Crippen LogP contribution < -0.4 is 4.74 Å². The van der Waals surface area contributed by atoms with E-state index >= 15 is 0 Å². The van der Waals surface area contributed by atoms with Crippen molar-refractivity contribution in [2.45, 2.75) is 33.6 Å². The molecule has 0 aromatic heterocycles. The highest BCUT2D eigenvalue weighted by molar-refractivity contribution is 8.03. The largest absolute Gasteiger partial charge is 0.494 e. The molecule has 98 valence electrons. The van der Waals surface area contributed by atoms with Crippen LogP contribution in [0.25, 0.3) is 0 Å². The van der Waals surface area contributed by atoms with E-state index in [0.29, 0.717) is 12.5 Å². The van der Waals surface area contributed by atoms with Crippen LogP contribution in [0.2, 0.25) is 0 Å². The van der Waals surface area contributed by atoms with Gasteiger partial charge in [-0.25, -0.2) is 0 Å². The molecule has 2 nitrogen and oxygen atoms in total. The Kier molecular flexibility index (Phi) is 6.67. The van der Waals surface area contributed by atoms with Crippen LogP contribution in [-0.4, -0.2) is 12.4 Å². The van der Waals surface area contributed by atoms with E-state index in [9.17, 15) is 0 Å². The smallest absolute Gasteiger partial charge is 0.133 e. The maximum Gasteiger partial charge on any atom is 0.133 e. The first kappa shape index (κ1) is 14.9. The van der Waals surface area contributed by atoms with Crippen molar-refractivity contribution < 1.29 is 4.74 Å². The molecule has 0 fully saturated rings. The van der Waals surface area contributed by atoms with Crippen LogP contribution in [0, 0.1) is 16.6 Å². The summed E-state index contributed by atoms with van der Waals surface area (Å²) in [4.78, 5) is 0. The van der Waals surface area contributed by atoms with E-state index in [2.05, 4.69) is 31.4 Å². The molecule has 0 bridgehead atoms. The van der Waals surface area contributed by atoms with Gasteiger partial charge in [0.15, 0.2) is 0 Å². The number of hydrogen-bond donors (Lipinski definition) is 0. The molecule has 0 aliphatic heterocycles. The number of benzene rings is 1. The summed E-state index contributed by atoms with van der Waals surface area (Å²) >= 11 is 1.34. The summed E-state index contributed by atoms with van der Waals surface area (Å²) in [5.74, 6) is 2.38. The van der Waals surface area contributed by atoms with E-state index in [0.717, 1.165) is 24.3 Å². The second-order valence-electron chi connectivity index (χ2n) is 4.43. The molecule has 1 aromatic rings. The Bertz CT molecular complexity index is 411. The molecule has 0 saturated heterocycles. The third-order valence-electron chi connectivity index (χ3n) is 2.87. The fraction of sp³-hybridized carbons (Fsp3) is 0.533. The van der Waals surface area contributed by atoms with Gasteiger partial charge in [-0.3, -0.25) is 0 Å². The number of aryl methyl sites for hydroxylation is 1. The lowest BCUT2D eigenvalue weighted by Crippen LogP contribution is -2.05. The molecule has 1 atom stereocenters. The summed E-state index contributed by atoms with van der Waals surface area (Å²) in [5.41, 5.74) is 2.74. The molecule has 0 N–H and O–H groups in total. The normalized spacial score (nSPS) is 11.9. The minimum absolute atomic E-state index is 0.526. The van der Waals surface area contributed by atoms with Crippen molar-refractivity contribution in [2.75, 3.05) is 12.4 Å². The SMILES string of the molecule is CCOc1ccc(CC(C)CSC#N)c(CC)c1. The molecule has 0 spiro atoms. The Morgan fingerprint density at radius 3 is 2.72 bits per heavy atom. The minimum atomic E-state index is 0.526. The fourth-order valence-electron chi connectivity index (χ4n) is 2.00. The summed E-state index contributed by atoms with van der Waals surface area (Å²) in [5, 5.41) is 10.7. The standard InChI is InChI=1S/C15H21NOS/c1-4-13-9-15(17-5-2)7-6-14(13)8-12(3)10-18-11-16/h6-7,9,12H,4-5,8,10H2,1-3H3. The number of nitriles is 1. The van der Waals surface area contributed by atoms with Gasteiger partial charge in [0.2, 0.25) is 0 Å². The molecule has 0 heterocycles. The monoisotopic (exact) mass is 263 g/mol. The van der Waals surface area contributed by atoms with Gasteiger partial charge in [0.05, 0.1) is 6.61 Å². The van der Waals surface area contributed by atoms with Gasteiger partial charge in [-0.15, -0.1) is 0 Å². The highest BCUT2D eigenvalue weighted by Crippen LogP contribution is 2.22. The average Bonchev–Trinajstić information content (AvgIpc) is 2.38. The van der Waals surface area contributed by atoms with Crippen molar-refractivity contribution in [3.63, 3.8) is 0 Å². The number of thiocyanates is 1. The van der Waals surface area contributed by atoms with E-state index in [4.69, 9.17) is 10.00 Å². The molecule has 0 aliphatic carbocycles. The Morgan fingerprint density at radius 1 is 1.33 bits per heavy atom. The molecular formula is C15H21NOS. The zero-order chi connectivity index (χ0) is 13.4. The Hall–Kier alpha value is -1.14. The van der Waals surface area contributed by atoms with Crippen molar-refractivity contribution in [1.82, 2.24) is 0 Å². The Morgan fingerprint density at radius 2 is 2.11 bits per heavy atom. The second kappa shape index (κ2) is 8.05. The van der Waals surface area contributed by atoms with Crippen molar-refractivity contribution in [1.29, 1.82) is 5.26 Å². The van der Waals surface area contributed by atoms with Gasteiger partial charge in [0, 0.05) is 5.75 Å². The van der Waals surface area contributed by atoms with E-state index in [1.54, 1.807) is 0 Å². The number of ether oxygens (including phenoxy) is 1. The molecule has 18 heavy (non-hydrogen) atoms. The summed E-state index contributed by atoms with van der Waals surface area (Å²) in [7, 11) is 0. The van der Waals surface area contributed by atoms with Crippen LogP contribution in [0.5, 0.6) is 5.75 Å². The Labute approximate surface area is 114 Å². The van der Waals surface area contributed by atoms with Gasteiger partial charge in [-0.1, -0.05) is 19.9 Å². The molecule has 1 rings (SSSR count).